The summed E-state index contributed by atoms with van der Waals surface area (Å²) in [5.41, 5.74) is 2.64. The molecule has 126 valence electrons. The number of hydrogen-bond acceptors (Lipinski definition) is 4. The van der Waals surface area contributed by atoms with Gasteiger partial charge in [-0.15, -0.1) is 5.10 Å². The van der Waals surface area contributed by atoms with E-state index in [4.69, 9.17) is 4.74 Å². The zero-order chi connectivity index (χ0) is 16.5. The van der Waals surface area contributed by atoms with E-state index in [2.05, 4.69) is 10.3 Å². The van der Waals surface area contributed by atoms with Crippen molar-refractivity contribution in [3.63, 3.8) is 0 Å². The molecule has 2 atom stereocenters. The number of rotatable bonds is 3. The quantitative estimate of drug-likeness (QED) is 0.864. The van der Waals surface area contributed by atoms with Crippen molar-refractivity contribution in [2.75, 3.05) is 13.2 Å². The van der Waals surface area contributed by atoms with Gasteiger partial charge in [0.1, 0.15) is 0 Å². The Morgan fingerprint density at radius 2 is 2.12 bits per heavy atom. The molecule has 6 nitrogen and oxygen atoms in total. The molecule has 2 aliphatic rings. The normalized spacial score (nSPS) is 23.3. The fraction of sp³-hybridized carbons (Fsp3) is 0.500. The van der Waals surface area contributed by atoms with Gasteiger partial charge in [0, 0.05) is 6.54 Å². The van der Waals surface area contributed by atoms with E-state index in [-0.39, 0.29) is 18.1 Å². The second kappa shape index (κ2) is 6.36. The molecule has 6 heteroatoms. The van der Waals surface area contributed by atoms with Crippen LogP contribution < -0.4 is 0 Å². The van der Waals surface area contributed by atoms with Gasteiger partial charge in [-0.2, -0.15) is 0 Å². The molecule has 0 unspecified atom stereocenters. The number of morpholine rings is 1. The van der Waals surface area contributed by atoms with Crippen molar-refractivity contribution in [2.24, 2.45) is 0 Å². The molecule has 0 radical (unpaired) electrons. The molecule has 1 saturated carbocycles. The number of fused-ring (bicyclic) bond motifs is 1. The Balaban J connectivity index is 1.51. The van der Waals surface area contributed by atoms with Gasteiger partial charge in [0.2, 0.25) is 5.91 Å². The van der Waals surface area contributed by atoms with Crippen LogP contribution in [0.3, 0.4) is 0 Å². The van der Waals surface area contributed by atoms with Gasteiger partial charge in [-0.3, -0.25) is 4.79 Å². The van der Waals surface area contributed by atoms with Crippen LogP contribution in [0, 0.1) is 6.92 Å². The molecule has 1 aliphatic carbocycles. The van der Waals surface area contributed by atoms with Gasteiger partial charge < -0.3 is 9.64 Å². The van der Waals surface area contributed by atoms with Crippen molar-refractivity contribution in [3.8, 4) is 5.69 Å². The van der Waals surface area contributed by atoms with Crippen molar-refractivity contribution in [1.82, 2.24) is 19.9 Å². The Morgan fingerprint density at radius 1 is 1.29 bits per heavy atom. The summed E-state index contributed by atoms with van der Waals surface area (Å²) in [5, 5.41) is 8.47. The Morgan fingerprint density at radius 3 is 2.96 bits per heavy atom. The molecule has 2 heterocycles. The van der Waals surface area contributed by atoms with E-state index in [0.717, 1.165) is 36.3 Å². The summed E-state index contributed by atoms with van der Waals surface area (Å²) in [4.78, 5) is 14.8. The summed E-state index contributed by atoms with van der Waals surface area (Å²) in [7, 11) is 0. The second-order valence-corrected chi connectivity index (χ2v) is 6.54. The molecule has 0 spiro atoms. The van der Waals surface area contributed by atoms with E-state index in [0.29, 0.717) is 19.6 Å². The van der Waals surface area contributed by atoms with Gasteiger partial charge in [0.15, 0.2) is 0 Å². The largest absolute Gasteiger partial charge is 0.374 e. The average Bonchev–Trinajstić information content (AvgIpc) is 3.22. The summed E-state index contributed by atoms with van der Waals surface area (Å²) < 4.78 is 7.58. The zero-order valence-corrected chi connectivity index (χ0v) is 13.9. The molecule has 2 fully saturated rings. The van der Waals surface area contributed by atoms with Gasteiger partial charge in [0.25, 0.3) is 0 Å². The highest BCUT2D eigenvalue weighted by Crippen LogP contribution is 2.30. The van der Waals surface area contributed by atoms with Crippen LogP contribution in [0.2, 0.25) is 0 Å². The number of para-hydroxylation sites is 1. The lowest BCUT2D eigenvalue weighted by molar-refractivity contribution is -0.143. The smallest absolute Gasteiger partial charge is 0.229 e. The third-order valence-corrected chi connectivity index (χ3v) is 5.11. The van der Waals surface area contributed by atoms with Crippen LogP contribution >= 0.6 is 0 Å². The van der Waals surface area contributed by atoms with Crippen molar-refractivity contribution in [3.05, 3.63) is 41.7 Å². The molecule has 1 saturated heterocycles. The van der Waals surface area contributed by atoms with Gasteiger partial charge in [-0.1, -0.05) is 23.4 Å². The monoisotopic (exact) mass is 326 g/mol. The summed E-state index contributed by atoms with van der Waals surface area (Å²) >= 11 is 0. The lowest BCUT2D eigenvalue weighted by Crippen LogP contribution is -2.51. The minimum Gasteiger partial charge on any atom is -0.374 e. The maximum atomic E-state index is 12.8. The minimum absolute atomic E-state index is 0.137. The van der Waals surface area contributed by atoms with Crippen LogP contribution in [-0.4, -0.2) is 51.1 Å². The topological polar surface area (TPSA) is 60.3 Å². The molecule has 1 aliphatic heterocycles. The first-order valence-corrected chi connectivity index (χ1v) is 8.61. The number of nitrogens with zero attached hydrogens (tertiary/aromatic N) is 4. The molecular weight excluding hydrogens is 304 g/mol. The van der Waals surface area contributed by atoms with Crippen molar-refractivity contribution < 1.29 is 9.53 Å². The molecule has 2 aromatic rings. The first-order valence-electron chi connectivity index (χ1n) is 8.61. The molecule has 0 N–H and O–H groups in total. The lowest BCUT2D eigenvalue weighted by Gasteiger charge is -2.37. The van der Waals surface area contributed by atoms with Gasteiger partial charge >= 0.3 is 0 Å². The standard InChI is InChI=1S/C18H22N4O2/c1-13-15(19-20-22(13)14-6-3-2-4-7-14)12-18(23)21-10-11-24-17-9-5-8-16(17)21/h2-4,6-7,16-17H,5,8-12H2,1H3/t16-,17+/m0/s1. The van der Waals surface area contributed by atoms with E-state index in [1.807, 2.05) is 42.2 Å². The van der Waals surface area contributed by atoms with Crippen molar-refractivity contribution >= 4 is 5.91 Å². The number of amides is 1. The molecular formula is C18H22N4O2. The third-order valence-electron chi connectivity index (χ3n) is 5.11. The van der Waals surface area contributed by atoms with E-state index in [9.17, 15) is 4.79 Å². The minimum atomic E-state index is 0.137. The molecule has 4 rings (SSSR count). The SMILES string of the molecule is Cc1c(CC(=O)N2CCO[C@@H]3CCC[C@@H]32)nnn1-c1ccccc1. The fourth-order valence-electron chi connectivity index (χ4n) is 3.82. The van der Waals surface area contributed by atoms with Crippen LogP contribution in [-0.2, 0) is 16.0 Å². The number of ether oxygens (including phenoxy) is 1. The summed E-state index contributed by atoms with van der Waals surface area (Å²) in [6.07, 6.45) is 3.79. The first-order chi connectivity index (χ1) is 11.7. The number of benzene rings is 1. The van der Waals surface area contributed by atoms with Crippen molar-refractivity contribution in [2.45, 2.75) is 44.8 Å². The number of carbonyl (C=O) groups excluding carboxylic acids is 1. The summed E-state index contributed by atoms with van der Waals surface area (Å²) in [6, 6.07) is 10.1. The summed E-state index contributed by atoms with van der Waals surface area (Å²) in [6.45, 7) is 3.29. The first kappa shape index (κ1) is 15.3. The highest BCUT2D eigenvalue weighted by molar-refractivity contribution is 5.79. The number of aromatic nitrogens is 3. The van der Waals surface area contributed by atoms with Crippen LogP contribution in [0.1, 0.15) is 30.7 Å². The van der Waals surface area contributed by atoms with Crippen LogP contribution in [0.25, 0.3) is 5.69 Å². The highest BCUT2D eigenvalue weighted by Gasteiger charge is 2.38. The average molecular weight is 326 g/mol. The van der Waals surface area contributed by atoms with E-state index < -0.39 is 0 Å². The van der Waals surface area contributed by atoms with Crippen LogP contribution in [0.4, 0.5) is 0 Å². The third kappa shape index (κ3) is 2.71. The number of carbonyl (C=O) groups is 1. The molecule has 24 heavy (non-hydrogen) atoms. The summed E-state index contributed by atoms with van der Waals surface area (Å²) in [5.74, 6) is 0.137. The predicted molar refractivity (Wildman–Crippen MR) is 88.9 cm³/mol. The Bertz CT molecular complexity index is 728. The Kier molecular flexibility index (Phi) is 4.06. The highest BCUT2D eigenvalue weighted by atomic mass is 16.5. The predicted octanol–water partition coefficient (Wildman–Crippen LogP) is 1.90. The van der Waals surface area contributed by atoms with Crippen LogP contribution in [0.15, 0.2) is 30.3 Å². The maximum Gasteiger partial charge on any atom is 0.229 e. The maximum absolute atomic E-state index is 12.8. The molecule has 1 aromatic heterocycles. The lowest BCUT2D eigenvalue weighted by atomic mass is 10.1. The number of hydrogen-bond donors (Lipinski definition) is 0. The van der Waals surface area contributed by atoms with Crippen LogP contribution in [0.5, 0.6) is 0 Å². The Hall–Kier alpha value is -2.21. The molecule has 0 bridgehead atoms. The molecule has 1 amide bonds. The van der Waals surface area contributed by atoms with E-state index in [1.165, 1.54) is 0 Å². The molecule has 1 aromatic carbocycles. The Labute approximate surface area is 141 Å². The van der Waals surface area contributed by atoms with Gasteiger partial charge in [-0.25, -0.2) is 4.68 Å². The second-order valence-electron chi connectivity index (χ2n) is 6.54. The van der Waals surface area contributed by atoms with Gasteiger partial charge in [0.05, 0.1) is 42.2 Å². The van der Waals surface area contributed by atoms with E-state index in [1.54, 1.807) is 4.68 Å². The van der Waals surface area contributed by atoms with Crippen molar-refractivity contribution in [1.29, 1.82) is 0 Å². The van der Waals surface area contributed by atoms with E-state index >= 15 is 0 Å². The zero-order valence-electron chi connectivity index (χ0n) is 13.9. The fourth-order valence-corrected chi connectivity index (χ4v) is 3.82. The van der Waals surface area contributed by atoms with Gasteiger partial charge in [-0.05, 0) is 38.3 Å².